The molecule has 2 aromatic rings. The van der Waals surface area contributed by atoms with Gasteiger partial charge in [0.05, 0.1) is 4.90 Å². The molecule has 0 aliphatic carbocycles. The SMILES string of the molecule is Cc1ccc(NS(=O)(=O)c2ccc(N)c(C)c2)cc1. The van der Waals surface area contributed by atoms with Crippen LogP contribution in [0.15, 0.2) is 47.4 Å². The summed E-state index contributed by atoms with van der Waals surface area (Å²) in [6, 6.07) is 11.8. The fourth-order valence-electron chi connectivity index (χ4n) is 1.65. The number of sulfonamides is 1. The van der Waals surface area contributed by atoms with E-state index in [4.69, 9.17) is 5.73 Å². The first-order chi connectivity index (χ1) is 8.88. The summed E-state index contributed by atoms with van der Waals surface area (Å²) in [6.07, 6.45) is 0. The maximum Gasteiger partial charge on any atom is 0.261 e. The topological polar surface area (TPSA) is 72.2 Å². The zero-order chi connectivity index (χ0) is 14.0. The number of anilines is 2. The van der Waals surface area contributed by atoms with Gasteiger partial charge < -0.3 is 5.73 Å². The normalized spacial score (nSPS) is 11.3. The van der Waals surface area contributed by atoms with Gasteiger partial charge in [0, 0.05) is 11.4 Å². The van der Waals surface area contributed by atoms with Gasteiger partial charge in [-0.1, -0.05) is 17.7 Å². The second-order valence-corrected chi connectivity index (χ2v) is 6.17. The van der Waals surface area contributed by atoms with Crippen molar-refractivity contribution in [2.24, 2.45) is 0 Å². The molecule has 0 aliphatic rings. The first kappa shape index (κ1) is 13.4. The van der Waals surface area contributed by atoms with E-state index in [9.17, 15) is 8.42 Å². The number of benzene rings is 2. The Kier molecular flexibility index (Phi) is 3.48. The molecule has 0 spiro atoms. The molecule has 100 valence electrons. The molecule has 0 fully saturated rings. The lowest BCUT2D eigenvalue weighted by molar-refractivity contribution is 0.601. The minimum atomic E-state index is -3.57. The molecule has 0 aromatic heterocycles. The van der Waals surface area contributed by atoms with Gasteiger partial charge in [-0.05, 0) is 49.7 Å². The molecule has 2 aromatic carbocycles. The largest absolute Gasteiger partial charge is 0.399 e. The molecule has 19 heavy (non-hydrogen) atoms. The minimum Gasteiger partial charge on any atom is -0.399 e. The van der Waals surface area contributed by atoms with Crippen molar-refractivity contribution in [1.29, 1.82) is 0 Å². The van der Waals surface area contributed by atoms with Crippen molar-refractivity contribution in [1.82, 2.24) is 0 Å². The summed E-state index contributed by atoms with van der Waals surface area (Å²) in [7, 11) is -3.57. The Hall–Kier alpha value is -2.01. The molecule has 0 heterocycles. The zero-order valence-electron chi connectivity index (χ0n) is 10.8. The summed E-state index contributed by atoms with van der Waals surface area (Å²) in [4.78, 5) is 0.208. The lowest BCUT2D eigenvalue weighted by atomic mass is 10.2. The van der Waals surface area contributed by atoms with Crippen LogP contribution < -0.4 is 10.5 Å². The summed E-state index contributed by atoms with van der Waals surface area (Å²) >= 11 is 0. The number of nitrogens with one attached hydrogen (secondary N) is 1. The first-order valence-electron chi connectivity index (χ1n) is 5.84. The van der Waals surface area contributed by atoms with Crippen molar-refractivity contribution in [2.75, 3.05) is 10.5 Å². The fourth-order valence-corrected chi connectivity index (χ4v) is 2.79. The summed E-state index contributed by atoms with van der Waals surface area (Å²) in [5.41, 5.74) is 8.62. The van der Waals surface area contributed by atoms with Gasteiger partial charge in [-0.3, -0.25) is 4.72 Å². The lowest BCUT2D eigenvalue weighted by Gasteiger charge is -2.09. The van der Waals surface area contributed by atoms with E-state index in [-0.39, 0.29) is 4.90 Å². The second-order valence-electron chi connectivity index (χ2n) is 4.49. The number of rotatable bonds is 3. The maximum atomic E-state index is 12.2. The van der Waals surface area contributed by atoms with Crippen molar-refractivity contribution in [2.45, 2.75) is 18.7 Å². The van der Waals surface area contributed by atoms with Gasteiger partial charge in [0.1, 0.15) is 0 Å². The van der Waals surface area contributed by atoms with E-state index < -0.39 is 10.0 Å². The van der Waals surface area contributed by atoms with E-state index >= 15 is 0 Å². The van der Waals surface area contributed by atoms with Crippen LogP contribution in [0.3, 0.4) is 0 Å². The molecule has 2 rings (SSSR count). The molecule has 0 atom stereocenters. The molecular weight excluding hydrogens is 260 g/mol. The number of nitrogen functional groups attached to an aromatic ring is 1. The molecular formula is C14H16N2O2S. The highest BCUT2D eigenvalue weighted by atomic mass is 32.2. The Bertz CT molecular complexity index is 692. The van der Waals surface area contributed by atoms with Crippen LogP contribution in [0, 0.1) is 13.8 Å². The minimum absolute atomic E-state index is 0.208. The molecule has 0 amide bonds. The monoisotopic (exact) mass is 276 g/mol. The van der Waals surface area contributed by atoms with Crippen molar-refractivity contribution < 1.29 is 8.42 Å². The van der Waals surface area contributed by atoms with Crippen molar-refractivity contribution in [3.8, 4) is 0 Å². The molecule has 0 saturated heterocycles. The number of aryl methyl sites for hydroxylation is 2. The third-order valence-corrected chi connectivity index (χ3v) is 4.23. The highest BCUT2D eigenvalue weighted by Gasteiger charge is 2.14. The zero-order valence-corrected chi connectivity index (χ0v) is 11.7. The van der Waals surface area contributed by atoms with Gasteiger partial charge in [-0.2, -0.15) is 0 Å². The molecule has 0 aliphatic heterocycles. The van der Waals surface area contributed by atoms with Crippen LogP contribution in [-0.4, -0.2) is 8.42 Å². The van der Waals surface area contributed by atoms with Crippen LogP contribution >= 0.6 is 0 Å². The van der Waals surface area contributed by atoms with Crippen molar-refractivity contribution in [3.63, 3.8) is 0 Å². The predicted molar refractivity (Wildman–Crippen MR) is 77.6 cm³/mol. The van der Waals surface area contributed by atoms with Gasteiger partial charge in [0.25, 0.3) is 10.0 Å². The molecule has 5 heteroatoms. The van der Waals surface area contributed by atoms with Gasteiger partial charge in [0.2, 0.25) is 0 Å². The van der Waals surface area contributed by atoms with Crippen LogP contribution in [0.2, 0.25) is 0 Å². The lowest BCUT2D eigenvalue weighted by Crippen LogP contribution is -2.13. The number of nitrogens with two attached hydrogens (primary N) is 1. The summed E-state index contributed by atoms with van der Waals surface area (Å²) in [6.45, 7) is 3.72. The van der Waals surface area contributed by atoms with Crippen LogP contribution in [0.4, 0.5) is 11.4 Å². The quantitative estimate of drug-likeness (QED) is 0.847. The average Bonchev–Trinajstić information content (AvgIpc) is 2.35. The fraction of sp³-hybridized carbons (Fsp3) is 0.143. The summed E-state index contributed by atoms with van der Waals surface area (Å²) < 4.78 is 26.9. The smallest absolute Gasteiger partial charge is 0.261 e. The highest BCUT2D eigenvalue weighted by Crippen LogP contribution is 2.20. The van der Waals surface area contributed by atoms with Crippen molar-refractivity contribution >= 4 is 21.4 Å². The van der Waals surface area contributed by atoms with Crippen LogP contribution in [0.25, 0.3) is 0 Å². The molecule has 4 nitrogen and oxygen atoms in total. The number of hydrogen-bond acceptors (Lipinski definition) is 3. The Labute approximate surface area is 113 Å². The molecule has 0 unspecified atom stereocenters. The highest BCUT2D eigenvalue weighted by molar-refractivity contribution is 7.92. The average molecular weight is 276 g/mol. The van der Waals surface area contributed by atoms with Crippen LogP contribution in [0.1, 0.15) is 11.1 Å². The van der Waals surface area contributed by atoms with Crippen LogP contribution in [-0.2, 0) is 10.0 Å². The molecule has 0 bridgehead atoms. The molecule has 0 saturated carbocycles. The summed E-state index contributed by atoms with van der Waals surface area (Å²) in [5.74, 6) is 0. The molecule has 0 radical (unpaired) electrons. The summed E-state index contributed by atoms with van der Waals surface area (Å²) in [5, 5.41) is 0. The van der Waals surface area contributed by atoms with Crippen LogP contribution in [0.5, 0.6) is 0 Å². The standard InChI is InChI=1S/C14H16N2O2S/c1-10-3-5-12(6-4-10)16-19(17,18)13-7-8-14(15)11(2)9-13/h3-9,16H,15H2,1-2H3. The maximum absolute atomic E-state index is 12.2. The molecule has 3 N–H and O–H groups in total. The van der Waals surface area contributed by atoms with Gasteiger partial charge in [-0.25, -0.2) is 8.42 Å². The van der Waals surface area contributed by atoms with E-state index in [1.54, 1.807) is 31.2 Å². The van der Waals surface area contributed by atoms with Gasteiger partial charge >= 0.3 is 0 Å². The van der Waals surface area contributed by atoms with Gasteiger partial charge in [0.15, 0.2) is 0 Å². The van der Waals surface area contributed by atoms with E-state index in [0.29, 0.717) is 11.4 Å². The Morgan fingerprint density at radius 1 is 1.00 bits per heavy atom. The second kappa shape index (κ2) is 4.93. The van der Waals surface area contributed by atoms with E-state index in [1.165, 1.54) is 6.07 Å². The Balaban J connectivity index is 2.32. The predicted octanol–water partition coefficient (Wildman–Crippen LogP) is 2.69. The third-order valence-electron chi connectivity index (χ3n) is 2.86. The van der Waals surface area contributed by atoms with E-state index in [0.717, 1.165) is 11.1 Å². The van der Waals surface area contributed by atoms with Crippen molar-refractivity contribution in [3.05, 3.63) is 53.6 Å². The van der Waals surface area contributed by atoms with E-state index in [1.807, 2.05) is 19.1 Å². The van der Waals surface area contributed by atoms with Gasteiger partial charge in [-0.15, -0.1) is 0 Å². The number of hydrogen-bond donors (Lipinski definition) is 2. The van der Waals surface area contributed by atoms with E-state index in [2.05, 4.69) is 4.72 Å². The third kappa shape index (κ3) is 3.06. The first-order valence-corrected chi connectivity index (χ1v) is 7.32. The Morgan fingerprint density at radius 3 is 2.21 bits per heavy atom. The Morgan fingerprint density at radius 2 is 1.63 bits per heavy atom.